The molecule has 0 aliphatic rings. The minimum absolute atomic E-state index is 0.0287. The fraction of sp³-hybridized carbons (Fsp3) is 0.250. The van der Waals surface area contributed by atoms with Crippen molar-refractivity contribution in [3.8, 4) is 11.1 Å². The lowest BCUT2D eigenvalue weighted by atomic mass is 9.98. The summed E-state index contributed by atoms with van der Waals surface area (Å²) in [5.41, 5.74) is 3.14. The van der Waals surface area contributed by atoms with Crippen molar-refractivity contribution in [2.24, 2.45) is 0 Å². The van der Waals surface area contributed by atoms with Gasteiger partial charge in [-0.1, -0.05) is 60.2 Å². The molecule has 1 atom stereocenters. The number of hydrogen-bond acceptors (Lipinski definition) is 8. The number of nitrogens with zero attached hydrogens (tertiary/aromatic N) is 1. The summed E-state index contributed by atoms with van der Waals surface area (Å²) >= 11 is 0. The van der Waals surface area contributed by atoms with Gasteiger partial charge in [0.1, 0.15) is 19.0 Å². The van der Waals surface area contributed by atoms with E-state index in [0.717, 1.165) is 16.7 Å². The van der Waals surface area contributed by atoms with Crippen molar-refractivity contribution < 1.29 is 41.8 Å². The van der Waals surface area contributed by atoms with E-state index < -0.39 is 49.1 Å². The second-order valence-corrected chi connectivity index (χ2v) is 8.70. The first kappa shape index (κ1) is 30.6. The average molecular weight is 573 g/mol. The van der Waals surface area contributed by atoms with Crippen LogP contribution in [0, 0.1) is 6.92 Å². The number of rotatable bonds is 11. The first-order valence-corrected chi connectivity index (χ1v) is 12.3. The van der Waals surface area contributed by atoms with Gasteiger partial charge >= 0.3 is 24.2 Å². The highest BCUT2D eigenvalue weighted by Crippen LogP contribution is 2.25. The molecule has 41 heavy (non-hydrogen) atoms. The van der Waals surface area contributed by atoms with Gasteiger partial charge in [0.25, 0.3) is 0 Å². The predicted molar refractivity (Wildman–Crippen MR) is 141 cm³/mol. The van der Waals surface area contributed by atoms with Crippen LogP contribution < -0.4 is 16.0 Å². The van der Waals surface area contributed by atoms with Gasteiger partial charge < -0.3 is 25.4 Å². The Morgan fingerprint density at radius 3 is 2.20 bits per heavy atom. The van der Waals surface area contributed by atoms with Crippen LogP contribution in [-0.4, -0.2) is 54.8 Å². The third kappa shape index (κ3) is 10.3. The quantitative estimate of drug-likeness (QED) is 0.178. The van der Waals surface area contributed by atoms with Crippen LogP contribution in [0.5, 0.6) is 0 Å². The fourth-order valence-electron chi connectivity index (χ4n) is 3.51. The van der Waals surface area contributed by atoms with Gasteiger partial charge in [-0.3, -0.25) is 9.59 Å². The van der Waals surface area contributed by atoms with E-state index >= 15 is 0 Å². The molecule has 0 saturated carbocycles. The SMILES string of the molecule is Cc1ccc(-c2ccc(C(CC(=O)OC(=O)C(F)(F)F)NC(=O)CNC(=O)OCCNc3ccccn3)cc2)cc1. The van der Waals surface area contributed by atoms with Crippen LogP contribution in [0.2, 0.25) is 0 Å². The van der Waals surface area contributed by atoms with Crippen LogP contribution in [0.15, 0.2) is 72.9 Å². The number of benzene rings is 2. The number of carbonyl (C=O) groups excluding carboxylic acids is 4. The first-order chi connectivity index (χ1) is 19.5. The average Bonchev–Trinajstić information content (AvgIpc) is 2.94. The van der Waals surface area contributed by atoms with Crippen LogP contribution in [0.4, 0.5) is 23.8 Å². The molecule has 0 aliphatic carbocycles. The Morgan fingerprint density at radius 2 is 1.59 bits per heavy atom. The van der Waals surface area contributed by atoms with Gasteiger partial charge in [0, 0.05) is 6.20 Å². The number of esters is 2. The molecule has 3 rings (SSSR count). The molecule has 10 nitrogen and oxygen atoms in total. The molecule has 1 aromatic heterocycles. The number of alkyl halides is 3. The number of aryl methyl sites for hydroxylation is 1. The van der Waals surface area contributed by atoms with E-state index in [1.54, 1.807) is 48.7 Å². The van der Waals surface area contributed by atoms with Crippen molar-refractivity contribution in [1.82, 2.24) is 15.6 Å². The van der Waals surface area contributed by atoms with E-state index in [-0.39, 0.29) is 13.2 Å². The number of pyridine rings is 1. The minimum Gasteiger partial charge on any atom is -0.448 e. The van der Waals surface area contributed by atoms with E-state index in [4.69, 9.17) is 4.74 Å². The molecule has 0 fully saturated rings. The largest absolute Gasteiger partial charge is 0.491 e. The molecule has 3 N–H and O–H groups in total. The van der Waals surface area contributed by atoms with Crippen LogP contribution >= 0.6 is 0 Å². The highest BCUT2D eigenvalue weighted by atomic mass is 19.4. The Hall–Kier alpha value is -4.94. The third-order valence-corrected chi connectivity index (χ3v) is 5.54. The second kappa shape index (κ2) is 14.4. The predicted octanol–water partition coefficient (Wildman–Crippen LogP) is 4.07. The summed E-state index contributed by atoms with van der Waals surface area (Å²) in [6, 6.07) is 18.3. The van der Waals surface area contributed by atoms with Gasteiger partial charge in [0.05, 0.1) is 19.0 Å². The van der Waals surface area contributed by atoms with Crippen LogP contribution in [-0.2, 0) is 23.9 Å². The van der Waals surface area contributed by atoms with Crippen molar-refractivity contribution in [2.45, 2.75) is 25.6 Å². The zero-order valence-corrected chi connectivity index (χ0v) is 21.9. The van der Waals surface area contributed by atoms with Gasteiger partial charge in [-0.05, 0) is 35.7 Å². The van der Waals surface area contributed by atoms with Crippen LogP contribution in [0.1, 0.15) is 23.6 Å². The zero-order chi connectivity index (χ0) is 29.8. The summed E-state index contributed by atoms with van der Waals surface area (Å²) in [4.78, 5) is 51.7. The molecule has 0 spiro atoms. The molecule has 2 amide bonds. The maximum atomic E-state index is 12.5. The molecule has 0 bridgehead atoms. The topological polar surface area (TPSA) is 136 Å². The Kier molecular flexibility index (Phi) is 10.8. The van der Waals surface area contributed by atoms with Gasteiger partial charge in [-0.25, -0.2) is 14.6 Å². The lowest BCUT2D eigenvalue weighted by Gasteiger charge is -2.19. The summed E-state index contributed by atoms with van der Waals surface area (Å²) < 4.78 is 46.4. The maximum Gasteiger partial charge on any atom is 0.491 e. The van der Waals surface area contributed by atoms with E-state index in [0.29, 0.717) is 11.4 Å². The van der Waals surface area contributed by atoms with Gasteiger partial charge in [0.2, 0.25) is 5.91 Å². The van der Waals surface area contributed by atoms with Crippen LogP contribution in [0.3, 0.4) is 0 Å². The highest BCUT2D eigenvalue weighted by Gasteiger charge is 2.42. The Bertz CT molecular complexity index is 1330. The molecular formula is C28H27F3N4O6. The summed E-state index contributed by atoms with van der Waals surface area (Å²) in [7, 11) is 0. The summed E-state index contributed by atoms with van der Waals surface area (Å²) in [6.45, 7) is 1.62. The number of aromatic nitrogens is 1. The lowest BCUT2D eigenvalue weighted by molar-refractivity contribution is -0.202. The van der Waals surface area contributed by atoms with Crippen molar-refractivity contribution in [2.75, 3.05) is 25.0 Å². The molecular weight excluding hydrogens is 545 g/mol. The first-order valence-electron chi connectivity index (χ1n) is 12.3. The van der Waals surface area contributed by atoms with Gasteiger partial charge in [0.15, 0.2) is 0 Å². The number of ether oxygens (including phenoxy) is 2. The second-order valence-electron chi connectivity index (χ2n) is 8.70. The normalized spacial score (nSPS) is 11.6. The van der Waals surface area contributed by atoms with E-state index in [9.17, 15) is 32.3 Å². The smallest absolute Gasteiger partial charge is 0.448 e. The van der Waals surface area contributed by atoms with Crippen molar-refractivity contribution in [1.29, 1.82) is 0 Å². The Morgan fingerprint density at radius 1 is 0.927 bits per heavy atom. The highest BCUT2D eigenvalue weighted by molar-refractivity contribution is 5.89. The number of carbonyl (C=O) groups is 4. The number of hydrogen-bond donors (Lipinski definition) is 3. The molecule has 1 unspecified atom stereocenters. The minimum atomic E-state index is -5.36. The Labute approximate surface area is 233 Å². The summed E-state index contributed by atoms with van der Waals surface area (Å²) in [5.74, 6) is -4.34. The monoisotopic (exact) mass is 572 g/mol. The molecule has 1 heterocycles. The Balaban J connectivity index is 1.58. The lowest BCUT2D eigenvalue weighted by Crippen LogP contribution is -2.40. The number of nitrogens with one attached hydrogen (secondary N) is 3. The maximum absolute atomic E-state index is 12.5. The summed E-state index contributed by atoms with van der Waals surface area (Å²) in [6.07, 6.45) is -5.44. The molecule has 216 valence electrons. The fourth-order valence-corrected chi connectivity index (χ4v) is 3.51. The third-order valence-electron chi connectivity index (χ3n) is 5.54. The zero-order valence-electron chi connectivity index (χ0n) is 21.9. The number of anilines is 1. The molecule has 0 saturated heterocycles. The number of alkyl carbamates (subject to hydrolysis) is 1. The van der Waals surface area contributed by atoms with Crippen LogP contribution in [0.25, 0.3) is 11.1 Å². The molecule has 0 radical (unpaired) electrons. The van der Waals surface area contributed by atoms with Crippen molar-refractivity contribution in [3.05, 3.63) is 84.1 Å². The standard InChI is InChI=1S/C28H27F3N4O6/c1-18-5-7-19(8-6-18)20-9-11-21(12-10-20)22(16-25(37)41-26(38)28(29,30)31)35-24(36)17-34-27(39)40-15-14-33-23-4-2-3-13-32-23/h2-13,22H,14-17H2,1H3,(H,32,33)(H,34,39)(H,35,36). The van der Waals surface area contributed by atoms with Gasteiger partial charge in [-0.2, -0.15) is 13.2 Å². The molecule has 3 aromatic rings. The van der Waals surface area contributed by atoms with E-state index in [2.05, 4.69) is 25.7 Å². The number of amides is 2. The van der Waals surface area contributed by atoms with Crippen molar-refractivity contribution in [3.63, 3.8) is 0 Å². The van der Waals surface area contributed by atoms with Crippen molar-refractivity contribution >= 4 is 29.8 Å². The van der Waals surface area contributed by atoms with Gasteiger partial charge in [-0.15, -0.1) is 0 Å². The molecule has 2 aromatic carbocycles. The number of halogens is 3. The molecule has 0 aliphatic heterocycles. The summed E-state index contributed by atoms with van der Waals surface area (Å²) in [5, 5.41) is 7.64. The molecule has 13 heteroatoms. The van der Waals surface area contributed by atoms with E-state index in [1.807, 2.05) is 31.2 Å². The van der Waals surface area contributed by atoms with E-state index in [1.165, 1.54) is 0 Å².